The lowest BCUT2D eigenvalue weighted by molar-refractivity contribution is 0.0519. The van der Waals surface area contributed by atoms with Crippen LogP contribution in [0.4, 0.5) is 4.79 Å². The van der Waals surface area contributed by atoms with Gasteiger partial charge in [-0.05, 0) is 58.4 Å². The van der Waals surface area contributed by atoms with E-state index in [9.17, 15) is 4.79 Å². The molecule has 0 saturated heterocycles. The van der Waals surface area contributed by atoms with Crippen LogP contribution >= 0.6 is 0 Å². The summed E-state index contributed by atoms with van der Waals surface area (Å²) in [7, 11) is 0. The molecule has 0 bridgehead atoms. The Balaban J connectivity index is 2.18. The molecule has 94 valence electrons. The molecular weight excluding hydrogens is 204 g/mol. The highest BCUT2D eigenvalue weighted by atomic mass is 16.6. The highest BCUT2D eigenvalue weighted by molar-refractivity contribution is 5.67. The standard InChI is InChI=1S/C12H24N2O2/c1-12(2,3)16-11(15)14-8-10-5-4-9(6-10)7-13/h9-10H,4-8,13H2,1-3H3,(H,14,15)/t9-,10+/m0/s1. The third-order valence-electron chi connectivity index (χ3n) is 2.92. The van der Waals surface area contributed by atoms with Gasteiger partial charge in [-0.2, -0.15) is 0 Å². The molecular formula is C12H24N2O2. The number of amides is 1. The molecule has 1 rings (SSSR count). The number of rotatable bonds is 3. The van der Waals surface area contributed by atoms with Crippen molar-refractivity contribution in [1.82, 2.24) is 5.32 Å². The van der Waals surface area contributed by atoms with Crippen LogP contribution in [0.2, 0.25) is 0 Å². The maximum Gasteiger partial charge on any atom is 0.407 e. The zero-order valence-corrected chi connectivity index (χ0v) is 10.6. The molecule has 0 unspecified atom stereocenters. The van der Waals surface area contributed by atoms with E-state index in [1.54, 1.807) is 0 Å². The van der Waals surface area contributed by atoms with Gasteiger partial charge in [-0.25, -0.2) is 4.79 Å². The first kappa shape index (κ1) is 13.3. The van der Waals surface area contributed by atoms with E-state index in [-0.39, 0.29) is 6.09 Å². The first-order valence-corrected chi connectivity index (χ1v) is 6.07. The number of carbonyl (C=O) groups excluding carboxylic acids is 1. The zero-order chi connectivity index (χ0) is 12.2. The van der Waals surface area contributed by atoms with E-state index < -0.39 is 5.60 Å². The molecule has 3 N–H and O–H groups in total. The number of nitrogens with one attached hydrogen (secondary N) is 1. The summed E-state index contributed by atoms with van der Waals surface area (Å²) in [6.45, 7) is 7.08. The third-order valence-corrected chi connectivity index (χ3v) is 2.92. The lowest BCUT2D eigenvalue weighted by Gasteiger charge is -2.20. The second-order valence-electron chi connectivity index (χ2n) is 5.66. The second kappa shape index (κ2) is 5.53. The summed E-state index contributed by atoms with van der Waals surface area (Å²) in [6, 6.07) is 0. The highest BCUT2D eigenvalue weighted by Crippen LogP contribution is 2.29. The zero-order valence-electron chi connectivity index (χ0n) is 10.6. The Kier molecular flexibility index (Phi) is 4.59. The quantitative estimate of drug-likeness (QED) is 0.775. The van der Waals surface area contributed by atoms with Gasteiger partial charge in [0.25, 0.3) is 0 Å². The predicted octanol–water partition coefficient (Wildman–Crippen LogP) is 1.89. The van der Waals surface area contributed by atoms with E-state index in [0.29, 0.717) is 18.4 Å². The molecule has 0 radical (unpaired) electrons. The van der Waals surface area contributed by atoms with E-state index >= 15 is 0 Å². The van der Waals surface area contributed by atoms with Crippen molar-refractivity contribution in [3.63, 3.8) is 0 Å². The van der Waals surface area contributed by atoms with Crippen molar-refractivity contribution in [2.24, 2.45) is 17.6 Å². The van der Waals surface area contributed by atoms with Crippen molar-refractivity contribution in [3.05, 3.63) is 0 Å². The molecule has 1 aliphatic rings. The van der Waals surface area contributed by atoms with Gasteiger partial charge in [0, 0.05) is 6.54 Å². The fourth-order valence-corrected chi connectivity index (χ4v) is 2.12. The summed E-state index contributed by atoms with van der Waals surface area (Å²) < 4.78 is 5.18. The Hall–Kier alpha value is -0.770. The minimum absolute atomic E-state index is 0.316. The van der Waals surface area contributed by atoms with Gasteiger partial charge in [0.2, 0.25) is 0 Å². The van der Waals surface area contributed by atoms with E-state index in [1.807, 2.05) is 20.8 Å². The Morgan fingerprint density at radius 2 is 2.00 bits per heavy atom. The third kappa shape index (κ3) is 4.84. The molecule has 1 fully saturated rings. The summed E-state index contributed by atoms with van der Waals surface area (Å²) in [4.78, 5) is 11.4. The molecule has 16 heavy (non-hydrogen) atoms. The van der Waals surface area contributed by atoms with E-state index in [1.165, 1.54) is 6.42 Å². The predicted molar refractivity (Wildman–Crippen MR) is 64.1 cm³/mol. The topological polar surface area (TPSA) is 64.3 Å². The summed E-state index contributed by atoms with van der Waals surface area (Å²) in [5.41, 5.74) is 5.21. The molecule has 4 nitrogen and oxygen atoms in total. The van der Waals surface area contributed by atoms with Gasteiger partial charge in [0.1, 0.15) is 5.60 Å². The minimum Gasteiger partial charge on any atom is -0.444 e. The minimum atomic E-state index is -0.417. The fourth-order valence-electron chi connectivity index (χ4n) is 2.12. The van der Waals surface area contributed by atoms with Crippen molar-refractivity contribution >= 4 is 6.09 Å². The molecule has 0 aromatic heterocycles. The van der Waals surface area contributed by atoms with Crippen molar-refractivity contribution < 1.29 is 9.53 Å². The maximum atomic E-state index is 11.4. The van der Waals surface area contributed by atoms with Gasteiger partial charge in [-0.3, -0.25) is 0 Å². The number of hydrogen-bond donors (Lipinski definition) is 2. The SMILES string of the molecule is CC(C)(C)OC(=O)NC[C@@H]1CC[C@H](CN)C1. The Labute approximate surface area is 97.9 Å². The normalized spacial score (nSPS) is 25.5. The molecule has 4 heteroatoms. The molecule has 0 aliphatic heterocycles. The van der Waals surface area contributed by atoms with Gasteiger partial charge in [0.05, 0.1) is 0 Å². The van der Waals surface area contributed by atoms with Gasteiger partial charge < -0.3 is 15.8 Å². The van der Waals surface area contributed by atoms with Crippen LogP contribution in [-0.4, -0.2) is 24.8 Å². The van der Waals surface area contributed by atoms with Crippen LogP contribution in [0, 0.1) is 11.8 Å². The number of alkyl carbamates (subject to hydrolysis) is 1. The molecule has 0 spiro atoms. The van der Waals surface area contributed by atoms with Crippen molar-refractivity contribution in [1.29, 1.82) is 0 Å². The van der Waals surface area contributed by atoms with E-state index in [0.717, 1.165) is 19.4 Å². The van der Waals surface area contributed by atoms with Crippen molar-refractivity contribution in [3.8, 4) is 0 Å². The lowest BCUT2D eigenvalue weighted by Crippen LogP contribution is -2.35. The van der Waals surface area contributed by atoms with Crippen LogP contribution in [0.25, 0.3) is 0 Å². The largest absolute Gasteiger partial charge is 0.444 e. The van der Waals surface area contributed by atoms with Gasteiger partial charge in [-0.15, -0.1) is 0 Å². The summed E-state index contributed by atoms with van der Waals surface area (Å²) in [6.07, 6.45) is 3.17. The van der Waals surface area contributed by atoms with Gasteiger partial charge in [0.15, 0.2) is 0 Å². The monoisotopic (exact) mass is 228 g/mol. The average Bonchev–Trinajstić information content (AvgIpc) is 2.59. The van der Waals surface area contributed by atoms with Crippen LogP contribution in [-0.2, 0) is 4.74 Å². The summed E-state index contributed by atoms with van der Waals surface area (Å²) >= 11 is 0. The van der Waals surface area contributed by atoms with Crippen LogP contribution in [0.1, 0.15) is 40.0 Å². The molecule has 0 aromatic carbocycles. The number of nitrogens with two attached hydrogens (primary N) is 1. The van der Waals surface area contributed by atoms with E-state index in [4.69, 9.17) is 10.5 Å². The smallest absolute Gasteiger partial charge is 0.407 e. The van der Waals surface area contributed by atoms with Crippen molar-refractivity contribution in [2.45, 2.75) is 45.6 Å². The molecule has 1 saturated carbocycles. The van der Waals surface area contributed by atoms with Gasteiger partial charge in [-0.1, -0.05) is 0 Å². The molecule has 2 atom stereocenters. The molecule has 0 aromatic rings. The summed E-state index contributed by atoms with van der Waals surface area (Å²) in [5, 5.41) is 2.82. The number of hydrogen-bond acceptors (Lipinski definition) is 3. The highest BCUT2D eigenvalue weighted by Gasteiger charge is 2.24. The second-order valence-corrected chi connectivity index (χ2v) is 5.66. The molecule has 0 heterocycles. The fraction of sp³-hybridized carbons (Fsp3) is 0.917. The van der Waals surface area contributed by atoms with E-state index in [2.05, 4.69) is 5.32 Å². The average molecular weight is 228 g/mol. The number of carbonyl (C=O) groups is 1. The molecule has 1 aliphatic carbocycles. The van der Waals surface area contributed by atoms with Crippen LogP contribution in [0.3, 0.4) is 0 Å². The summed E-state index contributed by atoms with van der Waals surface area (Å²) in [5.74, 6) is 1.21. The first-order chi connectivity index (χ1) is 7.40. The van der Waals surface area contributed by atoms with Crippen molar-refractivity contribution in [2.75, 3.05) is 13.1 Å². The Bertz CT molecular complexity index is 236. The Morgan fingerprint density at radius 3 is 2.50 bits per heavy atom. The first-order valence-electron chi connectivity index (χ1n) is 6.07. The van der Waals surface area contributed by atoms with Gasteiger partial charge >= 0.3 is 6.09 Å². The maximum absolute atomic E-state index is 11.4. The van der Waals surface area contributed by atoms with Crippen LogP contribution < -0.4 is 11.1 Å². The van der Waals surface area contributed by atoms with Crippen LogP contribution in [0.15, 0.2) is 0 Å². The molecule has 1 amide bonds. The number of ether oxygens (including phenoxy) is 1. The van der Waals surface area contributed by atoms with Crippen LogP contribution in [0.5, 0.6) is 0 Å². The lowest BCUT2D eigenvalue weighted by atomic mass is 10.1. The Morgan fingerprint density at radius 1 is 1.38 bits per heavy atom.